The lowest BCUT2D eigenvalue weighted by atomic mass is 9.99. The first kappa shape index (κ1) is 18.4. The van der Waals surface area contributed by atoms with Crippen LogP contribution in [-0.4, -0.2) is 71.3 Å². The third kappa shape index (κ3) is 3.60. The van der Waals surface area contributed by atoms with Crippen LogP contribution in [0.1, 0.15) is 5.56 Å². The zero-order valence-corrected chi connectivity index (χ0v) is 13.2. The minimum Gasteiger partial charge on any atom is -0.493 e. The number of aliphatic hydroxyl groups excluding tert-OH is 4. The van der Waals surface area contributed by atoms with Gasteiger partial charge in [0, 0.05) is 0 Å². The Morgan fingerprint density at radius 3 is 2.42 bits per heavy atom. The van der Waals surface area contributed by atoms with Gasteiger partial charge in [0.1, 0.15) is 18.3 Å². The molecule has 1 saturated heterocycles. The van der Waals surface area contributed by atoms with Gasteiger partial charge in [-0.25, -0.2) is 4.79 Å². The Hall–Kier alpha value is -1.91. The summed E-state index contributed by atoms with van der Waals surface area (Å²) in [5.74, 6) is -0.497. The molecule has 2 rings (SSSR count). The van der Waals surface area contributed by atoms with E-state index in [9.17, 15) is 20.1 Å². The quantitative estimate of drug-likeness (QED) is 0.473. The van der Waals surface area contributed by atoms with Gasteiger partial charge in [-0.05, 0) is 17.7 Å². The molecule has 0 aliphatic carbocycles. The van der Waals surface area contributed by atoms with Crippen molar-refractivity contribution in [3.63, 3.8) is 0 Å². The molecule has 0 spiro atoms. The number of methoxy groups -OCH3 is 2. The van der Waals surface area contributed by atoms with Gasteiger partial charge in [-0.2, -0.15) is 0 Å². The van der Waals surface area contributed by atoms with Gasteiger partial charge in [0.25, 0.3) is 0 Å². The molecule has 0 unspecified atom stereocenters. The summed E-state index contributed by atoms with van der Waals surface area (Å²) in [7, 11) is 2.49. The number of carbonyl (C=O) groups excluding carboxylic acids is 1. The summed E-state index contributed by atoms with van der Waals surface area (Å²) in [5.41, 5.74) is 0.576. The van der Waals surface area contributed by atoms with E-state index in [0.717, 1.165) is 7.11 Å². The number of esters is 1. The Kier molecular flexibility index (Phi) is 5.97. The van der Waals surface area contributed by atoms with E-state index in [4.69, 9.17) is 19.3 Å². The molecule has 1 aliphatic rings. The van der Waals surface area contributed by atoms with E-state index in [1.807, 2.05) is 0 Å². The zero-order chi connectivity index (χ0) is 17.9. The molecule has 0 aromatic heterocycles. The number of hydrogen-bond acceptors (Lipinski definition) is 9. The topological polar surface area (TPSA) is 135 Å². The Bertz CT molecular complexity index is 576. The summed E-state index contributed by atoms with van der Waals surface area (Å²) in [6, 6.07) is 4.56. The fraction of sp³-hybridized carbons (Fsp3) is 0.533. The van der Waals surface area contributed by atoms with Crippen molar-refractivity contribution in [2.75, 3.05) is 14.2 Å². The van der Waals surface area contributed by atoms with E-state index in [-0.39, 0.29) is 18.1 Å². The SMILES string of the molecule is COC(=O)[C@H]1O[C@@H](Oc2ccc(CO)cc2OC)[C@H](O)[C@@H](O)[C@@H]1O. The molecule has 0 radical (unpaired) electrons. The van der Waals surface area contributed by atoms with Crippen molar-refractivity contribution in [3.8, 4) is 11.5 Å². The molecule has 134 valence electrons. The second kappa shape index (κ2) is 7.77. The van der Waals surface area contributed by atoms with E-state index >= 15 is 0 Å². The average molecular weight is 344 g/mol. The van der Waals surface area contributed by atoms with Crippen LogP contribution in [0.5, 0.6) is 11.5 Å². The normalized spacial score (nSPS) is 29.8. The summed E-state index contributed by atoms with van der Waals surface area (Å²) in [6.07, 6.45) is -7.90. The fourth-order valence-electron chi connectivity index (χ4n) is 2.29. The van der Waals surface area contributed by atoms with Crippen LogP contribution in [0.3, 0.4) is 0 Å². The molecule has 4 N–H and O–H groups in total. The molecule has 24 heavy (non-hydrogen) atoms. The van der Waals surface area contributed by atoms with Gasteiger partial charge in [-0.3, -0.25) is 0 Å². The van der Waals surface area contributed by atoms with Crippen molar-refractivity contribution in [1.29, 1.82) is 0 Å². The molecule has 0 bridgehead atoms. The van der Waals surface area contributed by atoms with E-state index in [1.165, 1.54) is 19.2 Å². The Balaban J connectivity index is 2.23. The fourth-order valence-corrected chi connectivity index (χ4v) is 2.29. The Morgan fingerprint density at radius 1 is 1.12 bits per heavy atom. The third-order valence-corrected chi connectivity index (χ3v) is 3.66. The molecule has 1 fully saturated rings. The largest absolute Gasteiger partial charge is 0.493 e. The lowest BCUT2D eigenvalue weighted by Gasteiger charge is -2.38. The molecule has 1 aromatic rings. The maximum absolute atomic E-state index is 11.6. The molecule has 1 aromatic carbocycles. The molecule has 9 nitrogen and oxygen atoms in total. The maximum Gasteiger partial charge on any atom is 0.337 e. The van der Waals surface area contributed by atoms with Gasteiger partial charge in [0.15, 0.2) is 17.6 Å². The summed E-state index contributed by atoms with van der Waals surface area (Å²) >= 11 is 0. The number of ether oxygens (including phenoxy) is 4. The van der Waals surface area contributed by atoms with Gasteiger partial charge < -0.3 is 39.4 Å². The number of aliphatic hydroxyl groups is 4. The van der Waals surface area contributed by atoms with Crippen LogP contribution in [0.2, 0.25) is 0 Å². The van der Waals surface area contributed by atoms with E-state index < -0.39 is 36.7 Å². The van der Waals surface area contributed by atoms with Gasteiger partial charge in [0.2, 0.25) is 6.29 Å². The van der Waals surface area contributed by atoms with Crippen molar-refractivity contribution in [1.82, 2.24) is 0 Å². The van der Waals surface area contributed by atoms with Gasteiger partial charge >= 0.3 is 5.97 Å². The van der Waals surface area contributed by atoms with Crippen molar-refractivity contribution < 1.29 is 44.2 Å². The summed E-state index contributed by atoms with van der Waals surface area (Å²) in [6.45, 7) is -0.200. The highest BCUT2D eigenvalue weighted by Gasteiger charge is 2.48. The lowest BCUT2D eigenvalue weighted by molar-refractivity contribution is -0.272. The van der Waals surface area contributed by atoms with Crippen LogP contribution in [0.15, 0.2) is 18.2 Å². The van der Waals surface area contributed by atoms with Gasteiger partial charge in [-0.1, -0.05) is 6.07 Å². The highest BCUT2D eigenvalue weighted by atomic mass is 16.7. The highest BCUT2D eigenvalue weighted by Crippen LogP contribution is 2.32. The molecule has 5 atom stereocenters. The lowest BCUT2D eigenvalue weighted by Crippen LogP contribution is -2.61. The molecular weight excluding hydrogens is 324 g/mol. The average Bonchev–Trinajstić information content (AvgIpc) is 2.61. The first-order chi connectivity index (χ1) is 11.4. The first-order valence-corrected chi connectivity index (χ1v) is 7.14. The summed E-state index contributed by atoms with van der Waals surface area (Å²) in [5, 5.41) is 38.8. The number of carbonyl (C=O) groups is 1. The molecule has 1 aliphatic heterocycles. The summed E-state index contributed by atoms with van der Waals surface area (Å²) in [4.78, 5) is 11.6. The summed E-state index contributed by atoms with van der Waals surface area (Å²) < 4.78 is 20.3. The second-order valence-corrected chi connectivity index (χ2v) is 5.18. The Labute approximate surface area is 138 Å². The maximum atomic E-state index is 11.6. The first-order valence-electron chi connectivity index (χ1n) is 7.14. The molecule has 1 heterocycles. The Morgan fingerprint density at radius 2 is 1.83 bits per heavy atom. The number of hydrogen-bond donors (Lipinski definition) is 4. The van der Waals surface area contributed by atoms with E-state index in [2.05, 4.69) is 4.74 Å². The van der Waals surface area contributed by atoms with E-state index in [1.54, 1.807) is 6.07 Å². The molecular formula is C15H20O9. The second-order valence-electron chi connectivity index (χ2n) is 5.18. The van der Waals surface area contributed by atoms with Crippen LogP contribution in [0.4, 0.5) is 0 Å². The molecule has 9 heteroatoms. The number of rotatable bonds is 5. The van der Waals surface area contributed by atoms with Crippen LogP contribution >= 0.6 is 0 Å². The van der Waals surface area contributed by atoms with Gasteiger partial charge in [-0.15, -0.1) is 0 Å². The van der Waals surface area contributed by atoms with Crippen LogP contribution in [0.25, 0.3) is 0 Å². The standard InChI is InChI=1S/C15H20O9/c1-21-9-5-7(6-16)3-4-8(9)23-15-12(19)10(17)11(18)13(24-15)14(20)22-2/h3-5,10-13,15-19H,6H2,1-2H3/t10-,11-,12+,13-,15+/m0/s1. The number of benzene rings is 1. The van der Waals surface area contributed by atoms with Crippen molar-refractivity contribution >= 4 is 5.97 Å². The highest BCUT2D eigenvalue weighted by molar-refractivity contribution is 5.75. The van der Waals surface area contributed by atoms with Crippen LogP contribution in [0, 0.1) is 0 Å². The monoisotopic (exact) mass is 344 g/mol. The van der Waals surface area contributed by atoms with Gasteiger partial charge in [0.05, 0.1) is 20.8 Å². The minimum absolute atomic E-state index is 0.158. The van der Waals surface area contributed by atoms with Crippen molar-refractivity contribution in [3.05, 3.63) is 23.8 Å². The third-order valence-electron chi connectivity index (χ3n) is 3.66. The predicted octanol–water partition coefficient (Wildman–Crippen LogP) is -1.45. The molecule has 0 amide bonds. The van der Waals surface area contributed by atoms with Crippen LogP contribution in [-0.2, 0) is 20.9 Å². The molecule has 0 saturated carbocycles. The minimum atomic E-state index is -1.67. The van der Waals surface area contributed by atoms with Crippen LogP contribution < -0.4 is 9.47 Å². The smallest absolute Gasteiger partial charge is 0.337 e. The van der Waals surface area contributed by atoms with Crippen molar-refractivity contribution in [2.24, 2.45) is 0 Å². The predicted molar refractivity (Wildman–Crippen MR) is 78.2 cm³/mol. The zero-order valence-electron chi connectivity index (χ0n) is 13.2. The van der Waals surface area contributed by atoms with Crippen molar-refractivity contribution in [2.45, 2.75) is 37.3 Å². The van der Waals surface area contributed by atoms with E-state index in [0.29, 0.717) is 5.56 Å².